The summed E-state index contributed by atoms with van der Waals surface area (Å²) in [6, 6.07) is 8.74. The number of methoxy groups -OCH3 is 1. The summed E-state index contributed by atoms with van der Waals surface area (Å²) in [6.07, 6.45) is 0.662. The first kappa shape index (κ1) is 24.3. The van der Waals surface area contributed by atoms with Crippen LogP contribution in [-0.2, 0) is 22.6 Å². The van der Waals surface area contributed by atoms with Crippen molar-refractivity contribution in [3.05, 3.63) is 56.1 Å². The molecular formula is C23H31ClN4O4. The maximum absolute atomic E-state index is 13.4. The van der Waals surface area contributed by atoms with Crippen LogP contribution in [0.25, 0.3) is 22.2 Å². The molecule has 0 radical (unpaired) electrons. The third kappa shape index (κ3) is 5.69. The number of likely N-dealkylation sites (N-methyl/N-ethyl adjacent to an activating group) is 1. The van der Waals surface area contributed by atoms with Crippen molar-refractivity contribution < 1.29 is 9.47 Å². The van der Waals surface area contributed by atoms with Crippen molar-refractivity contribution in [2.24, 2.45) is 0 Å². The van der Waals surface area contributed by atoms with Crippen LogP contribution in [0.1, 0.15) is 13.3 Å². The molecule has 1 N–H and O–H groups in total. The third-order valence-electron chi connectivity index (χ3n) is 5.38. The maximum Gasteiger partial charge on any atom is 0.276 e. The molecule has 0 unspecified atom stereocenters. The Kier molecular flexibility index (Phi) is 8.69. The van der Waals surface area contributed by atoms with E-state index < -0.39 is 0 Å². The summed E-state index contributed by atoms with van der Waals surface area (Å²) in [5.74, 6) is 0. The Hall–Kier alpha value is -2.39. The number of hydrogen-bond donors (Lipinski definition) is 1. The maximum atomic E-state index is 13.4. The number of benzene rings is 1. The molecule has 9 heteroatoms. The highest BCUT2D eigenvalue weighted by atomic mass is 35.5. The number of aromatic nitrogens is 3. The SMILES string of the molecule is CCOCCCn1c(-c2cccc(Cl)c2)c2c(=O)n(CCN(C)CCOC)[nH]c2cc1=O. The molecule has 0 saturated heterocycles. The average Bonchev–Trinajstić information content (AvgIpc) is 3.08. The van der Waals surface area contributed by atoms with Gasteiger partial charge in [0, 0.05) is 56.6 Å². The normalized spacial score (nSPS) is 11.7. The first-order valence-corrected chi connectivity index (χ1v) is 11.2. The summed E-state index contributed by atoms with van der Waals surface area (Å²) in [5, 5.41) is 4.15. The average molecular weight is 463 g/mol. The lowest BCUT2D eigenvalue weighted by Gasteiger charge is -2.15. The van der Waals surface area contributed by atoms with E-state index in [2.05, 4.69) is 10.00 Å². The Balaban J connectivity index is 2.06. The largest absolute Gasteiger partial charge is 0.383 e. The number of hydrogen-bond acceptors (Lipinski definition) is 5. The summed E-state index contributed by atoms with van der Waals surface area (Å²) < 4.78 is 13.8. The summed E-state index contributed by atoms with van der Waals surface area (Å²) in [7, 11) is 3.64. The number of nitrogens with zero attached hydrogens (tertiary/aromatic N) is 3. The molecule has 0 aliphatic heterocycles. The van der Waals surface area contributed by atoms with Gasteiger partial charge in [0.2, 0.25) is 0 Å². The van der Waals surface area contributed by atoms with Gasteiger partial charge in [-0.25, -0.2) is 0 Å². The lowest BCUT2D eigenvalue weighted by atomic mass is 10.1. The van der Waals surface area contributed by atoms with Gasteiger partial charge in [-0.15, -0.1) is 0 Å². The minimum absolute atomic E-state index is 0.159. The van der Waals surface area contributed by atoms with E-state index in [0.29, 0.717) is 67.5 Å². The quantitative estimate of drug-likeness (QED) is 0.418. The lowest BCUT2D eigenvalue weighted by Crippen LogP contribution is -2.30. The number of halogens is 1. The van der Waals surface area contributed by atoms with Gasteiger partial charge < -0.3 is 18.9 Å². The fraction of sp³-hybridized carbons (Fsp3) is 0.478. The molecule has 32 heavy (non-hydrogen) atoms. The Morgan fingerprint density at radius 2 is 1.94 bits per heavy atom. The van der Waals surface area contributed by atoms with Crippen LogP contribution in [0.15, 0.2) is 39.9 Å². The highest BCUT2D eigenvalue weighted by Crippen LogP contribution is 2.27. The molecule has 3 aromatic rings. The van der Waals surface area contributed by atoms with Crippen molar-refractivity contribution in [1.29, 1.82) is 0 Å². The van der Waals surface area contributed by atoms with Crippen molar-refractivity contribution in [3.63, 3.8) is 0 Å². The van der Waals surface area contributed by atoms with Crippen molar-refractivity contribution >= 4 is 22.5 Å². The van der Waals surface area contributed by atoms with Crippen LogP contribution in [0.3, 0.4) is 0 Å². The highest BCUT2D eigenvalue weighted by molar-refractivity contribution is 6.30. The number of fused-ring (bicyclic) bond motifs is 1. The second-order valence-corrected chi connectivity index (χ2v) is 8.13. The molecule has 0 aliphatic rings. The molecule has 0 amide bonds. The number of nitrogens with one attached hydrogen (secondary N) is 1. The van der Waals surface area contributed by atoms with E-state index in [4.69, 9.17) is 21.1 Å². The van der Waals surface area contributed by atoms with E-state index in [1.165, 1.54) is 6.07 Å². The molecule has 2 heterocycles. The van der Waals surface area contributed by atoms with Crippen LogP contribution in [0.2, 0.25) is 5.02 Å². The fourth-order valence-corrected chi connectivity index (χ4v) is 3.89. The van der Waals surface area contributed by atoms with Crippen molar-refractivity contribution in [1.82, 2.24) is 19.2 Å². The second-order valence-electron chi connectivity index (χ2n) is 7.70. The molecule has 3 rings (SSSR count). The van der Waals surface area contributed by atoms with E-state index in [1.54, 1.807) is 28.5 Å². The van der Waals surface area contributed by atoms with E-state index in [-0.39, 0.29) is 11.1 Å². The fourth-order valence-electron chi connectivity index (χ4n) is 3.70. The predicted octanol–water partition coefficient (Wildman–Crippen LogP) is 2.82. The van der Waals surface area contributed by atoms with Crippen LogP contribution in [0.4, 0.5) is 0 Å². The number of ether oxygens (including phenoxy) is 2. The summed E-state index contributed by atoms with van der Waals surface area (Å²) in [6.45, 7) is 6.08. The van der Waals surface area contributed by atoms with Gasteiger partial charge in [-0.3, -0.25) is 19.4 Å². The van der Waals surface area contributed by atoms with Gasteiger partial charge in [0.15, 0.2) is 0 Å². The van der Waals surface area contributed by atoms with Crippen LogP contribution in [0.5, 0.6) is 0 Å². The van der Waals surface area contributed by atoms with Gasteiger partial charge in [-0.1, -0.05) is 23.7 Å². The molecule has 0 saturated carbocycles. The Labute approximate surface area is 192 Å². The van der Waals surface area contributed by atoms with E-state index in [1.807, 2.05) is 26.1 Å². The Bertz CT molecular complexity index is 1150. The van der Waals surface area contributed by atoms with Crippen molar-refractivity contribution in [3.8, 4) is 11.3 Å². The molecule has 8 nitrogen and oxygen atoms in total. The minimum Gasteiger partial charge on any atom is -0.383 e. The lowest BCUT2D eigenvalue weighted by molar-refractivity contribution is 0.141. The highest BCUT2D eigenvalue weighted by Gasteiger charge is 2.19. The Morgan fingerprint density at radius 1 is 1.12 bits per heavy atom. The number of rotatable bonds is 12. The summed E-state index contributed by atoms with van der Waals surface area (Å²) in [5.41, 5.74) is 1.51. The monoisotopic (exact) mass is 462 g/mol. The zero-order valence-corrected chi connectivity index (χ0v) is 19.7. The molecule has 2 aromatic heterocycles. The van der Waals surface area contributed by atoms with Gasteiger partial charge in [0.25, 0.3) is 11.1 Å². The molecule has 0 fully saturated rings. The van der Waals surface area contributed by atoms with Gasteiger partial charge >= 0.3 is 0 Å². The van der Waals surface area contributed by atoms with E-state index >= 15 is 0 Å². The second kappa shape index (κ2) is 11.5. The zero-order valence-electron chi connectivity index (χ0n) is 18.9. The first-order valence-electron chi connectivity index (χ1n) is 10.8. The predicted molar refractivity (Wildman–Crippen MR) is 128 cm³/mol. The van der Waals surface area contributed by atoms with Gasteiger partial charge in [-0.2, -0.15) is 0 Å². The minimum atomic E-state index is -0.172. The molecule has 0 atom stereocenters. The molecular weight excluding hydrogens is 432 g/mol. The number of aromatic amines is 1. The van der Waals surface area contributed by atoms with E-state index in [0.717, 1.165) is 12.1 Å². The number of pyridine rings is 1. The van der Waals surface area contributed by atoms with Crippen LogP contribution in [-0.4, -0.2) is 66.3 Å². The standard InChI is InChI=1S/C23H31ClN4O4/c1-4-32-13-6-9-27-20(29)16-19-21(22(27)17-7-5-8-18(24)15-17)23(30)28(25-19)11-10-26(2)12-14-31-3/h5,7-8,15-16,25H,4,6,9-14H2,1-3H3. The summed E-state index contributed by atoms with van der Waals surface area (Å²) in [4.78, 5) is 28.5. The molecule has 0 bridgehead atoms. The van der Waals surface area contributed by atoms with Crippen molar-refractivity contribution in [2.75, 3.05) is 47.1 Å². The molecule has 174 valence electrons. The van der Waals surface area contributed by atoms with Gasteiger partial charge in [0.05, 0.1) is 29.7 Å². The van der Waals surface area contributed by atoms with E-state index in [9.17, 15) is 9.59 Å². The van der Waals surface area contributed by atoms with Gasteiger partial charge in [-0.05, 0) is 32.5 Å². The molecule has 1 aromatic carbocycles. The number of H-pyrrole nitrogens is 1. The van der Waals surface area contributed by atoms with Crippen LogP contribution < -0.4 is 11.1 Å². The molecule has 0 spiro atoms. The first-order chi connectivity index (χ1) is 15.5. The Morgan fingerprint density at radius 3 is 2.66 bits per heavy atom. The van der Waals surface area contributed by atoms with Crippen LogP contribution in [0, 0.1) is 0 Å². The smallest absolute Gasteiger partial charge is 0.276 e. The van der Waals surface area contributed by atoms with Crippen LogP contribution >= 0.6 is 11.6 Å². The topological polar surface area (TPSA) is 81.5 Å². The summed E-state index contributed by atoms with van der Waals surface area (Å²) >= 11 is 6.24. The molecule has 0 aliphatic carbocycles. The van der Waals surface area contributed by atoms with Gasteiger partial charge in [0.1, 0.15) is 0 Å². The third-order valence-corrected chi connectivity index (χ3v) is 5.61. The zero-order chi connectivity index (χ0) is 23.1. The van der Waals surface area contributed by atoms with Crippen molar-refractivity contribution in [2.45, 2.75) is 26.4 Å².